The zero-order chi connectivity index (χ0) is 24.2. The van der Waals surface area contributed by atoms with Crippen LogP contribution in [0.1, 0.15) is 26.2 Å². The van der Waals surface area contributed by atoms with Crippen LogP contribution < -0.4 is 19.5 Å². The van der Waals surface area contributed by atoms with Crippen molar-refractivity contribution in [3.63, 3.8) is 0 Å². The van der Waals surface area contributed by atoms with Gasteiger partial charge < -0.3 is 14.8 Å². The van der Waals surface area contributed by atoms with Gasteiger partial charge in [-0.2, -0.15) is 0 Å². The van der Waals surface area contributed by atoms with Gasteiger partial charge in [-0.3, -0.25) is 14.3 Å². The van der Waals surface area contributed by atoms with Crippen LogP contribution in [0.5, 0.6) is 11.5 Å². The monoisotopic (exact) mass is 486 g/mol. The van der Waals surface area contributed by atoms with E-state index in [0.29, 0.717) is 12.8 Å². The van der Waals surface area contributed by atoms with Gasteiger partial charge in [0.25, 0.3) is 10.0 Å². The number of halogens is 3. The van der Waals surface area contributed by atoms with Crippen molar-refractivity contribution in [3.8, 4) is 11.5 Å². The number of anilines is 2. The molecule has 0 aromatic heterocycles. The Bertz CT molecular complexity index is 1150. The SMILES string of the molecule is CCOc1cc(NC(=O)C2CCC(=O)C2)ccc1S(=O)(=O)Nc1cccc(OC(F)(F)F)c1. The summed E-state index contributed by atoms with van der Waals surface area (Å²) in [7, 11) is -4.26. The molecule has 0 saturated heterocycles. The molecule has 0 aliphatic heterocycles. The van der Waals surface area contributed by atoms with Crippen LogP contribution >= 0.6 is 0 Å². The molecule has 1 saturated carbocycles. The molecule has 1 aliphatic rings. The number of benzene rings is 2. The molecule has 8 nitrogen and oxygen atoms in total. The minimum atomic E-state index is -4.92. The zero-order valence-corrected chi connectivity index (χ0v) is 18.3. The summed E-state index contributed by atoms with van der Waals surface area (Å²) in [5.41, 5.74) is 0.129. The van der Waals surface area contributed by atoms with E-state index in [-0.39, 0.29) is 46.7 Å². The first-order valence-electron chi connectivity index (χ1n) is 9.95. The largest absolute Gasteiger partial charge is 0.573 e. The van der Waals surface area contributed by atoms with Gasteiger partial charge in [0, 0.05) is 36.6 Å². The van der Waals surface area contributed by atoms with E-state index in [9.17, 15) is 31.2 Å². The molecule has 2 N–H and O–H groups in total. The average Bonchev–Trinajstić information content (AvgIpc) is 3.13. The Morgan fingerprint density at radius 1 is 1.15 bits per heavy atom. The van der Waals surface area contributed by atoms with Crippen LogP contribution in [0.4, 0.5) is 24.5 Å². The number of sulfonamides is 1. The highest BCUT2D eigenvalue weighted by Crippen LogP contribution is 2.32. The summed E-state index contributed by atoms with van der Waals surface area (Å²) in [5.74, 6) is -1.42. The van der Waals surface area contributed by atoms with Crippen LogP contribution in [-0.4, -0.2) is 33.1 Å². The Kier molecular flexibility index (Phi) is 7.15. The lowest BCUT2D eigenvalue weighted by Gasteiger charge is -2.16. The van der Waals surface area contributed by atoms with Crippen LogP contribution in [0.25, 0.3) is 0 Å². The molecular weight excluding hydrogens is 465 g/mol. The van der Waals surface area contributed by atoms with E-state index in [2.05, 4.69) is 14.8 Å². The molecule has 0 heterocycles. The molecule has 2 aromatic rings. The van der Waals surface area contributed by atoms with E-state index in [0.717, 1.165) is 12.1 Å². The molecule has 1 amide bonds. The molecule has 1 fully saturated rings. The molecule has 3 rings (SSSR count). The van der Waals surface area contributed by atoms with Crippen molar-refractivity contribution in [1.29, 1.82) is 0 Å². The fraction of sp³-hybridized carbons (Fsp3) is 0.333. The number of ketones is 1. The highest BCUT2D eigenvalue weighted by molar-refractivity contribution is 7.92. The molecule has 12 heteroatoms. The van der Waals surface area contributed by atoms with Crippen molar-refractivity contribution in [3.05, 3.63) is 42.5 Å². The van der Waals surface area contributed by atoms with Gasteiger partial charge in [-0.15, -0.1) is 13.2 Å². The lowest BCUT2D eigenvalue weighted by Crippen LogP contribution is -2.21. The van der Waals surface area contributed by atoms with Gasteiger partial charge in [0.2, 0.25) is 5.91 Å². The lowest BCUT2D eigenvalue weighted by molar-refractivity contribution is -0.274. The maximum absolute atomic E-state index is 12.9. The summed E-state index contributed by atoms with van der Waals surface area (Å²) in [6.45, 7) is 1.75. The quantitative estimate of drug-likeness (QED) is 0.582. The standard InChI is InChI=1S/C21H21F3N2O6S/c1-2-31-18-12-14(25-20(28)13-6-8-16(27)10-13)7-9-19(18)33(29,30)26-15-4-3-5-17(11-15)32-21(22,23)24/h3-5,7,9,11-13,26H,2,6,8,10H2,1H3,(H,25,28). The number of carbonyl (C=O) groups excluding carboxylic acids is 2. The second-order valence-electron chi connectivity index (χ2n) is 7.24. The predicted octanol–water partition coefficient (Wildman–Crippen LogP) is 4.09. The van der Waals surface area contributed by atoms with Gasteiger partial charge in [0.15, 0.2) is 0 Å². The first-order valence-corrected chi connectivity index (χ1v) is 11.4. The van der Waals surface area contributed by atoms with E-state index >= 15 is 0 Å². The fourth-order valence-corrected chi connectivity index (χ4v) is 4.50. The molecular formula is C21H21F3N2O6S. The number of carbonyl (C=O) groups is 2. The van der Waals surface area contributed by atoms with Gasteiger partial charge in [0.1, 0.15) is 22.2 Å². The van der Waals surface area contributed by atoms with Crippen LogP contribution in [0.2, 0.25) is 0 Å². The topological polar surface area (TPSA) is 111 Å². The third kappa shape index (κ3) is 6.60. The van der Waals surface area contributed by atoms with Crippen molar-refractivity contribution < 1.29 is 40.7 Å². The number of ether oxygens (including phenoxy) is 2. The smallest absolute Gasteiger partial charge is 0.492 e. The van der Waals surface area contributed by atoms with Gasteiger partial charge in [-0.25, -0.2) is 8.42 Å². The number of amides is 1. The summed E-state index contributed by atoms with van der Waals surface area (Å²) < 4.78 is 74.5. The maximum atomic E-state index is 12.9. The Labute approximate surface area is 188 Å². The summed E-state index contributed by atoms with van der Waals surface area (Å²) in [5, 5.41) is 2.65. The van der Waals surface area contributed by atoms with Crippen LogP contribution in [0.3, 0.4) is 0 Å². The van der Waals surface area contributed by atoms with Gasteiger partial charge in [-0.05, 0) is 37.6 Å². The molecule has 2 aromatic carbocycles. The second-order valence-corrected chi connectivity index (χ2v) is 8.89. The second kappa shape index (κ2) is 9.69. The first kappa shape index (κ1) is 24.4. The summed E-state index contributed by atoms with van der Waals surface area (Å²) in [4.78, 5) is 23.5. The Morgan fingerprint density at radius 2 is 1.91 bits per heavy atom. The van der Waals surface area contributed by atoms with Gasteiger partial charge in [0.05, 0.1) is 12.3 Å². The number of alkyl halides is 3. The number of hydrogen-bond donors (Lipinski definition) is 2. The van der Waals surface area contributed by atoms with Crippen LogP contribution in [0.15, 0.2) is 47.4 Å². The van der Waals surface area contributed by atoms with Crippen LogP contribution in [-0.2, 0) is 19.6 Å². The molecule has 1 unspecified atom stereocenters. The predicted molar refractivity (Wildman–Crippen MR) is 113 cm³/mol. The minimum Gasteiger partial charge on any atom is -0.492 e. The number of hydrogen-bond acceptors (Lipinski definition) is 6. The normalized spacial score (nSPS) is 16.4. The van der Waals surface area contributed by atoms with E-state index in [1.165, 1.54) is 30.3 Å². The van der Waals surface area contributed by atoms with Crippen molar-refractivity contribution in [2.24, 2.45) is 5.92 Å². The number of nitrogens with one attached hydrogen (secondary N) is 2. The molecule has 1 atom stereocenters. The summed E-state index contributed by atoms with van der Waals surface area (Å²) in [6, 6.07) is 8.28. The maximum Gasteiger partial charge on any atom is 0.573 e. The third-order valence-corrected chi connectivity index (χ3v) is 6.16. The molecule has 0 spiro atoms. The number of Topliss-reactive ketones (excluding diaryl/α,β-unsaturated/α-hetero) is 1. The van der Waals surface area contributed by atoms with Crippen molar-refractivity contribution in [2.45, 2.75) is 37.4 Å². The molecule has 0 radical (unpaired) electrons. The lowest BCUT2D eigenvalue weighted by atomic mass is 10.1. The Hall–Kier alpha value is -3.28. The van der Waals surface area contributed by atoms with Crippen molar-refractivity contribution in [1.82, 2.24) is 0 Å². The Morgan fingerprint density at radius 3 is 2.55 bits per heavy atom. The van der Waals surface area contributed by atoms with Crippen molar-refractivity contribution >= 4 is 33.1 Å². The van der Waals surface area contributed by atoms with E-state index < -0.39 is 28.1 Å². The van der Waals surface area contributed by atoms with Gasteiger partial charge in [-0.1, -0.05) is 6.07 Å². The minimum absolute atomic E-state index is 0.0161. The highest BCUT2D eigenvalue weighted by atomic mass is 32.2. The molecule has 33 heavy (non-hydrogen) atoms. The van der Waals surface area contributed by atoms with E-state index in [1.54, 1.807) is 6.92 Å². The summed E-state index contributed by atoms with van der Waals surface area (Å²) in [6.07, 6.45) is -3.96. The molecule has 1 aliphatic carbocycles. The average molecular weight is 486 g/mol. The molecule has 0 bridgehead atoms. The third-order valence-electron chi connectivity index (χ3n) is 4.74. The van der Waals surface area contributed by atoms with Crippen molar-refractivity contribution in [2.75, 3.05) is 16.6 Å². The fourth-order valence-electron chi connectivity index (χ4n) is 3.33. The summed E-state index contributed by atoms with van der Waals surface area (Å²) >= 11 is 0. The van der Waals surface area contributed by atoms with Gasteiger partial charge >= 0.3 is 6.36 Å². The van der Waals surface area contributed by atoms with Crippen LogP contribution in [0, 0.1) is 5.92 Å². The zero-order valence-electron chi connectivity index (χ0n) is 17.4. The van der Waals surface area contributed by atoms with E-state index in [4.69, 9.17) is 4.74 Å². The van der Waals surface area contributed by atoms with E-state index in [1.807, 2.05) is 0 Å². The highest BCUT2D eigenvalue weighted by Gasteiger charge is 2.31. The first-order chi connectivity index (χ1) is 15.5. The molecule has 178 valence electrons. The Balaban J connectivity index is 1.81. The number of rotatable bonds is 8.